The molecule has 0 saturated carbocycles. The highest BCUT2D eigenvalue weighted by molar-refractivity contribution is 6.33. The van der Waals surface area contributed by atoms with Gasteiger partial charge in [-0.3, -0.25) is 9.48 Å². The van der Waals surface area contributed by atoms with Crippen LogP contribution in [0.3, 0.4) is 0 Å². The Morgan fingerprint density at radius 3 is 2.76 bits per heavy atom. The SMILES string of the molecule is COC(Nc1cc(Nc2cnn(C3CCN(C)CC3)c2)ncc1Cl)c1ccccc1C(N)=O. The van der Waals surface area contributed by atoms with Gasteiger partial charge in [-0.25, -0.2) is 4.98 Å². The quantitative estimate of drug-likeness (QED) is 0.430. The van der Waals surface area contributed by atoms with E-state index in [1.807, 2.05) is 16.9 Å². The standard InChI is InChI=1S/C23H28ClN7O2/c1-30-9-7-16(8-10-30)31-14-15(12-27-31)28-21-11-20(19(24)13-26-21)29-23(33-2)18-6-4-3-5-17(18)22(25)32/h3-6,11-14,16,23H,7-10H2,1-2H3,(H2,25,32)(H2,26,28,29). The number of rotatable bonds is 8. The molecule has 174 valence electrons. The summed E-state index contributed by atoms with van der Waals surface area (Å²) in [5, 5.41) is 11.5. The fraction of sp³-hybridized carbons (Fsp3) is 0.348. The summed E-state index contributed by atoms with van der Waals surface area (Å²) in [6, 6.07) is 9.21. The van der Waals surface area contributed by atoms with Crippen molar-refractivity contribution >= 4 is 34.7 Å². The van der Waals surface area contributed by atoms with E-state index in [0.717, 1.165) is 31.6 Å². The fourth-order valence-corrected chi connectivity index (χ4v) is 4.14. The fourth-order valence-electron chi connectivity index (χ4n) is 3.98. The van der Waals surface area contributed by atoms with Crippen LogP contribution in [0.5, 0.6) is 0 Å². The Hall–Kier alpha value is -3.14. The van der Waals surface area contributed by atoms with Crippen molar-refractivity contribution in [2.75, 3.05) is 37.9 Å². The number of carbonyl (C=O) groups is 1. The van der Waals surface area contributed by atoms with Gasteiger partial charge in [-0.05, 0) is 39.0 Å². The monoisotopic (exact) mass is 469 g/mol. The van der Waals surface area contributed by atoms with E-state index in [0.29, 0.717) is 33.7 Å². The lowest BCUT2D eigenvalue weighted by atomic mass is 10.1. The molecular formula is C23H28ClN7O2. The number of benzene rings is 1. The molecule has 3 heterocycles. The molecule has 1 saturated heterocycles. The maximum absolute atomic E-state index is 11.8. The number of halogens is 1. The van der Waals surface area contributed by atoms with E-state index in [2.05, 4.69) is 32.7 Å². The number of hydrogen-bond donors (Lipinski definition) is 3. The number of ether oxygens (including phenoxy) is 1. The number of hydrogen-bond acceptors (Lipinski definition) is 7. The summed E-state index contributed by atoms with van der Waals surface area (Å²) in [5.74, 6) is 0.0714. The van der Waals surface area contributed by atoms with E-state index in [9.17, 15) is 4.79 Å². The van der Waals surface area contributed by atoms with Crippen molar-refractivity contribution < 1.29 is 9.53 Å². The predicted octanol–water partition coefficient (Wildman–Crippen LogP) is 3.80. The first-order chi connectivity index (χ1) is 15.9. The Balaban J connectivity index is 1.50. The van der Waals surface area contributed by atoms with Crippen LogP contribution in [0.2, 0.25) is 5.02 Å². The highest BCUT2D eigenvalue weighted by Crippen LogP contribution is 2.30. The van der Waals surface area contributed by atoms with E-state index in [-0.39, 0.29) is 0 Å². The van der Waals surface area contributed by atoms with Crippen LogP contribution < -0.4 is 16.4 Å². The number of nitrogens with two attached hydrogens (primary N) is 1. The van der Waals surface area contributed by atoms with E-state index >= 15 is 0 Å². The molecule has 9 nitrogen and oxygen atoms in total. The zero-order valence-electron chi connectivity index (χ0n) is 18.7. The van der Waals surface area contributed by atoms with Gasteiger partial charge in [-0.1, -0.05) is 29.8 Å². The van der Waals surface area contributed by atoms with Gasteiger partial charge in [0.05, 0.1) is 34.8 Å². The second kappa shape index (κ2) is 10.2. The normalized spacial score (nSPS) is 15.8. The van der Waals surface area contributed by atoms with Crippen molar-refractivity contribution in [3.63, 3.8) is 0 Å². The van der Waals surface area contributed by atoms with Gasteiger partial charge >= 0.3 is 0 Å². The van der Waals surface area contributed by atoms with Crippen LogP contribution in [0, 0.1) is 0 Å². The highest BCUT2D eigenvalue weighted by Gasteiger charge is 2.20. The Labute approximate surface area is 197 Å². The number of amides is 1. The molecule has 1 aliphatic heterocycles. The van der Waals surface area contributed by atoms with Gasteiger partial charge in [0, 0.05) is 30.5 Å². The van der Waals surface area contributed by atoms with Gasteiger partial charge in [0.2, 0.25) is 5.91 Å². The third-order valence-corrected chi connectivity index (χ3v) is 6.12. The molecule has 4 N–H and O–H groups in total. The molecule has 1 aromatic carbocycles. The Bertz CT molecular complexity index is 1110. The first kappa shape index (κ1) is 23.0. The van der Waals surface area contributed by atoms with Gasteiger partial charge in [0.1, 0.15) is 5.82 Å². The number of pyridine rings is 1. The first-order valence-corrected chi connectivity index (χ1v) is 11.2. The average molecular weight is 470 g/mol. The number of nitrogens with zero attached hydrogens (tertiary/aromatic N) is 4. The molecule has 0 spiro atoms. The van der Waals surface area contributed by atoms with Gasteiger partial charge in [-0.2, -0.15) is 5.10 Å². The van der Waals surface area contributed by atoms with Crippen LogP contribution in [0.15, 0.2) is 48.9 Å². The summed E-state index contributed by atoms with van der Waals surface area (Å²) in [6.45, 7) is 2.14. The molecule has 4 rings (SSSR count). The van der Waals surface area contributed by atoms with Crippen molar-refractivity contribution in [2.24, 2.45) is 5.73 Å². The number of nitrogens with one attached hydrogen (secondary N) is 2. The Morgan fingerprint density at radius 2 is 2.03 bits per heavy atom. The highest BCUT2D eigenvalue weighted by atomic mass is 35.5. The maximum Gasteiger partial charge on any atom is 0.249 e. The minimum Gasteiger partial charge on any atom is -0.366 e. The molecule has 0 aliphatic carbocycles. The van der Waals surface area contributed by atoms with Crippen LogP contribution in [0.25, 0.3) is 0 Å². The van der Waals surface area contributed by atoms with Crippen LogP contribution in [-0.4, -0.2) is 52.8 Å². The van der Waals surface area contributed by atoms with E-state index in [1.165, 1.54) is 0 Å². The molecule has 1 atom stereocenters. The topological polar surface area (TPSA) is 110 Å². The number of primary amides is 1. The predicted molar refractivity (Wildman–Crippen MR) is 129 cm³/mol. The smallest absolute Gasteiger partial charge is 0.249 e. The van der Waals surface area contributed by atoms with E-state index in [1.54, 1.807) is 43.8 Å². The molecule has 2 aromatic heterocycles. The molecular weight excluding hydrogens is 442 g/mol. The Kier molecular flexibility index (Phi) is 7.12. The molecule has 3 aromatic rings. The second-order valence-corrected chi connectivity index (χ2v) is 8.54. The lowest BCUT2D eigenvalue weighted by molar-refractivity contribution is 0.0983. The van der Waals surface area contributed by atoms with Crippen LogP contribution in [0.4, 0.5) is 17.2 Å². The Morgan fingerprint density at radius 1 is 1.27 bits per heavy atom. The van der Waals surface area contributed by atoms with Crippen molar-refractivity contribution in [1.29, 1.82) is 0 Å². The lowest BCUT2D eigenvalue weighted by Crippen LogP contribution is -2.31. The first-order valence-electron chi connectivity index (χ1n) is 10.8. The number of likely N-dealkylation sites (tertiary alicyclic amines) is 1. The summed E-state index contributed by atoms with van der Waals surface area (Å²) in [5.41, 5.74) is 7.97. The number of piperidine rings is 1. The van der Waals surface area contributed by atoms with Gasteiger partial charge < -0.3 is 26.0 Å². The molecule has 10 heteroatoms. The summed E-state index contributed by atoms with van der Waals surface area (Å²) < 4.78 is 7.61. The van der Waals surface area contributed by atoms with Gasteiger partial charge in [0.25, 0.3) is 0 Å². The minimum atomic E-state index is -0.631. The third kappa shape index (κ3) is 5.44. The minimum absolute atomic E-state index is 0.377. The van der Waals surface area contributed by atoms with Crippen LogP contribution >= 0.6 is 11.6 Å². The van der Waals surface area contributed by atoms with E-state index < -0.39 is 12.1 Å². The summed E-state index contributed by atoms with van der Waals surface area (Å²) in [6.07, 6.45) is 6.88. The zero-order valence-corrected chi connectivity index (χ0v) is 19.4. The van der Waals surface area contributed by atoms with Crippen molar-refractivity contribution in [3.8, 4) is 0 Å². The zero-order chi connectivity index (χ0) is 23.4. The summed E-state index contributed by atoms with van der Waals surface area (Å²) >= 11 is 6.39. The van der Waals surface area contributed by atoms with Gasteiger partial charge in [0.15, 0.2) is 6.23 Å². The molecule has 33 heavy (non-hydrogen) atoms. The van der Waals surface area contributed by atoms with Crippen LogP contribution in [-0.2, 0) is 4.74 Å². The summed E-state index contributed by atoms with van der Waals surface area (Å²) in [4.78, 5) is 18.5. The number of aromatic nitrogens is 3. The molecule has 1 aliphatic rings. The van der Waals surface area contributed by atoms with Crippen LogP contribution in [0.1, 0.15) is 41.0 Å². The molecule has 0 radical (unpaired) electrons. The molecule has 0 bridgehead atoms. The van der Waals surface area contributed by atoms with Crippen molar-refractivity contribution in [2.45, 2.75) is 25.1 Å². The summed E-state index contributed by atoms with van der Waals surface area (Å²) in [7, 11) is 3.69. The molecule has 1 fully saturated rings. The largest absolute Gasteiger partial charge is 0.366 e. The second-order valence-electron chi connectivity index (χ2n) is 8.13. The van der Waals surface area contributed by atoms with Gasteiger partial charge in [-0.15, -0.1) is 0 Å². The third-order valence-electron chi connectivity index (χ3n) is 5.82. The maximum atomic E-state index is 11.8. The number of carbonyl (C=O) groups excluding carboxylic acids is 1. The number of methoxy groups -OCH3 is 1. The molecule has 1 unspecified atom stereocenters. The van der Waals surface area contributed by atoms with Crippen molar-refractivity contribution in [1.82, 2.24) is 19.7 Å². The number of anilines is 3. The lowest BCUT2D eigenvalue weighted by Gasteiger charge is -2.28. The average Bonchev–Trinajstić information content (AvgIpc) is 3.28. The van der Waals surface area contributed by atoms with E-state index in [4.69, 9.17) is 22.1 Å². The van der Waals surface area contributed by atoms with Crippen molar-refractivity contribution in [3.05, 3.63) is 65.1 Å². The molecule has 1 amide bonds.